The van der Waals surface area contributed by atoms with Gasteiger partial charge in [0.1, 0.15) is 0 Å². The van der Waals surface area contributed by atoms with Crippen molar-refractivity contribution in [1.82, 2.24) is 4.57 Å². The Labute approximate surface area is 109 Å². The van der Waals surface area contributed by atoms with Crippen molar-refractivity contribution < 1.29 is 4.79 Å². The molecule has 1 amide bonds. The summed E-state index contributed by atoms with van der Waals surface area (Å²) in [4.78, 5) is 16.2. The number of hydrogen-bond acceptors (Lipinski definition) is 4. The van der Waals surface area contributed by atoms with Crippen LogP contribution in [0.15, 0.2) is 16.6 Å². The molecule has 1 aromatic rings. The van der Waals surface area contributed by atoms with E-state index in [1.54, 1.807) is 11.8 Å². The van der Waals surface area contributed by atoms with E-state index < -0.39 is 6.04 Å². The predicted octanol–water partition coefficient (Wildman–Crippen LogP) is 1.02. The number of nitrogens with two attached hydrogens (primary N) is 1. The third-order valence-corrected chi connectivity index (χ3v) is 3.41. The number of amides is 1. The zero-order valence-electron chi connectivity index (χ0n) is 9.25. The van der Waals surface area contributed by atoms with E-state index in [-0.39, 0.29) is 18.3 Å². The third kappa shape index (κ3) is 4.69. The number of thioether (sulfide) groups is 1. The topological polar surface area (TPSA) is 60.4 Å². The van der Waals surface area contributed by atoms with Gasteiger partial charge in [-0.2, -0.15) is 16.8 Å². The Balaban J connectivity index is 0.00000225. The molecule has 0 spiro atoms. The van der Waals surface area contributed by atoms with Crippen LogP contribution >= 0.6 is 35.5 Å². The van der Waals surface area contributed by atoms with Gasteiger partial charge in [-0.15, -0.1) is 23.7 Å². The van der Waals surface area contributed by atoms with Gasteiger partial charge < -0.3 is 10.3 Å². The van der Waals surface area contributed by atoms with Crippen molar-refractivity contribution in [2.24, 2.45) is 17.8 Å². The molecule has 0 aliphatic rings. The Morgan fingerprint density at radius 3 is 2.94 bits per heavy atom. The van der Waals surface area contributed by atoms with Crippen molar-refractivity contribution >= 4 is 41.4 Å². The Morgan fingerprint density at radius 1 is 1.75 bits per heavy atom. The molecule has 0 radical (unpaired) electrons. The summed E-state index contributed by atoms with van der Waals surface area (Å²) < 4.78 is 1.81. The summed E-state index contributed by atoms with van der Waals surface area (Å²) in [7, 11) is 1.86. The number of halogens is 1. The van der Waals surface area contributed by atoms with Crippen LogP contribution in [0.3, 0.4) is 0 Å². The van der Waals surface area contributed by atoms with Crippen molar-refractivity contribution in [3.8, 4) is 0 Å². The number of thiazole rings is 1. The van der Waals surface area contributed by atoms with Gasteiger partial charge in [-0.25, -0.2) is 0 Å². The van der Waals surface area contributed by atoms with Crippen LogP contribution in [0.2, 0.25) is 0 Å². The number of aromatic nitrogens is 1. The van der Waals surface area contributed by atoms with Crippen LogP contribution in [-0.4, -0.2) is 28.5 Å². The highest BCUT2D eigenvalue weighted by Crippen LogP contribution is 2.00. The molecule has 1 rings (SSSR count). The highest BCUT2D eigenvalue weighted by atomic mass is 35.5. The van der Waals surface area contributed by atoms with E-state index in [2.05, 4.69) is 4.99 Å². The van der Waals surface area contributed by atoms with Crippen LogP contribution in [0.4, 0.5) is 0 Å². The first-order chi connectivity index (χ1) is 7.15. The van der Waals surface area contributed by atoms with Crippen LogP contribution in [-0.2, 0) is 11.8 Å². The summed E-state index contributed by atoms with van der Waals surface area (Å²) in [5.74, 6) is 0.654. The quantitative estimate of drug-likeness (QED) is 0.896. The lowest BCUT2D eigenvalue weighted by Crippen LogP contribution is -2.31. The molecule has 4 nitrogen and oxygen atoms in total. The van der Waals surface area contributed by atoms with Crippen molar-refractivity contribution in [2.75, 3.05) is 12.0 Å². The van der Waals surface area contributed by atoms with Gasteiger partial charge in [-0.05, 0) is 18.4 Å². The minimum atomic E-state index is -0.473. The van der Waals surface area contributed by atoms with Gasteiger partial charge >= 0.3 is 0 Å². The van der Waals surface area contributed by atoms with E-state index in [0.29, 0.717) is 11.2 Å². The Bertz CT molecular complexity index is 388. The minimum Gasteiger partial charge on any atom is -0.327 e. The maximum Gasteiger partial charge on any atom is 0.265 e. The molecule has 0 aliphatic heterocycles. The SMILES string of the molecule is CSCC[C@H](N)C(=O)N=c1sccn1C.Cl. The number of rotatable bonds is 4. The lowest BCUT2D eigenvalue weighted by Gasteiger charge is -2.04. The standard InChI is InChI=1S/C9H15N3OS2.ClH/c1-12-4-6-15-9(12)11-8(13)7(10)3-5-14-2;/h4,6-7H,3,5,10H2,1-2H3;1H/t7-;/m0./s1. The maximum atomic E-state index is 11.6. The summed E-state index contributed by atoms with van der Waals surface area (Å²) in [5.41, 5.74) is 5.71. The summed E-state index contributed by atoms with van der Waals surface area (Å²) in [5, 5.41) is 1.89. The largest absolute Gasteiger partial charge is 0.327 e. The number of aryl methyl sites for hydroxylation is 1. The Morgan fingerprint density at radius 2 is 2.44 bits per heavy atom. The van der Waals surface area contributed by atoms with E-state index in [4.69, 9.17) is 5.73 Å². The smallest absolute Gasteiger partial charge is 0.265 e. The summed E-state index contributed by atoms with van der Waals surface area (Å²) >= 11 is 3.12. The molecule has 92 valence electrons. The van der Waals surface area contributed by atoms with Gasteiger partial charge in [0.05, 0.1) is 6.04 Å². The lowest BCUT2D eigenvalue weighted by molar-refractivity contribution is -0.119. The van der Waals surface area contributed by atoms with E-state index in [1.807, 2.05) is 29.4 Å². The fourth-order valence-electron chi connectivity index (χ4n) is 0.980. The molecular weight excluding hydrogens is 266 g/mol. The molecule has 0 bridgehead atoms. The zero-order chi connectivity index (χ0) is 11.3. The van der Waals surface area contributed by atoms with E-state index in [0.717, 1.165) is 5.75 Å². The second-order valence-electron chi connectivity index (χ2n) is 3.13. The Hall–Kier alpha value is -0.300. The summed E-state index contributed by atoms with van der Waals surface area (Å²) in [6.45, 7) is 0. The van der Waals surface area contributed by atoms with Crippen LogP contribution in [0.25, 0.3) is 0 Å². The molecule has 0 aromatic carbocycles. The first kappa shape index (κ1) is 15.7. The van der Waals surface area contributed by atoms with Gasteiger partial charge in [0.25, 0.3) is 5.91 Å². The predicted molar refractivity (Wildman–Crippen MR) is 72.1 cm³/mol. The van der Waals surface area contributed by atoms with Gasteiger partial charge in [0.2, 0.25) is 0 Å². The number of carbonyl (C=O) groups excluding carboxylic acids is 1. The lowest BCUT2D eigenvalue weighted by atomic mass is 10.2. The molecular formula is C9H16ClN3OS2. The monoisotopic (exact) mass is 281 g/mol. The molecule has 16 heavy (non-hydrogen) atoms. The fraction of sp³-hybridized carbons (Fsp3) is 0.556. The minimum absolute atomic E-state index is 0. The van der Waals surface area contributed by atoms with E-state index in [1.165, 1.54) is 11.3 Å². The maximum absolute atomic E-state index is 11.6. The summed E-state index contributed by atoms with van der Waals surface area (Å²) in [6, 6.07) is -0.473. The second kappa shape index (κ2) is 7.89. The van der Waals surface area contributed by atoms with Crippen LogP contribution in [0.5, 0.6) is 0 Å². The molecule has 0 aliphatic carbocycles. The van der Waals surface area contributed by atoms with E-state index in [9.17, 15) is 4.79 Å². The van der Waals surface area contributed by atoms with Crippen LogP contribution in [0, 0.1) is 0 Å². The van der Waals surface area contributed by atoms with Crippen molar-refractivity contribution in [2.45, 2.75) is 12.5 Å². The molecule has 0 unspecified atom stereocenters. The molecule has 0 saturated carbocycles. The van der Waals surface area contributed by atoms with E-state index >= 15 is 0 Å². The molecule has 1 heterocycles. The Kier molecular flexibility index (Phi) is 7.74. The molecule has 2 N–H and O–H groups in total. The highest BCUT2D eigenvalue weighted by molar-refractivity contribution is 7.98. The molecule has 1 atom stereocenters. The highest BCUT2D eigenvalue weighted by Gasteiger charge is 2.11. The first-order valence-electron chi connectivity index (χ1n) is 4.58. The summed E-state index contributed by atoms with van der Waals surface area (Å²) in [6.07, 6.45) is 4.54. The molecule has 0 saturated heterocycles. The average Bonchev–Trinajstić information content (AvgIpc) is 2.61. The fourth-order valence-corrected chi connectivity index (χ4v) is 2.20. The molecule has 1 aromatic heterocycles. The second-order valence-corrected chi connectivity index (χ2v) is 4.99. The van der Waals surface area contributed by atoms with Gasteiger partial charge in [-0.1, -0.05) is 0 Å². The van der Waals surface area contributed by atoms with Gasteiger partial charge in [0.15, 0.2) is 4.80 Å². The molecule has 0 fully saturated rings. The van der Waals surface area contributed by atoms with Crippen molar-refractivity contribution in [3.63, 3.8) is 0 Å². The number of nitrogens with zero attached hydrogens (tertiary/aromatic N) is 2. The third-order valence-electron chi connectivity index (χ3n) is 1.92. The van der Waals surface area contributed by atoms with Crippen LogP contribution in [0.1, 0.15) is 6.42 Å². The first-order valence-corrected chi connectivity index (χ1v) is 6.85. The number of hydrogen-bond donors (Lipinski definition) is 1. The molecule has 7 heteroatoms. The van der Waals surface area contributed by atoms with Crippen molar-refractivity contribution in [3.05, 3.63) is 16.4 Å². The zero-order valence-corrected chi connectivity index (χ0v) is 11.7. The average molecular weight is 282 g/mol. The normalized spacial score (nSPS) is 13.3. The van der Waals surface area contributed by atoms with Gasteiger partial charge in [-0.3, -0.25) is 4.79 Å². The van der Waals surface area contributed by atoms with Gasteiger partial charge in [0, 0.05) is 18.6 Å². The van der Waals surface area contributed by atoms with Crippen molar-refractivity contribution in [1.29, 1.82) is 0 Å². The van der Waals surface area contributed by atoms with Crippen LogP contribution < -0.4 is 10.5 Å². The number of carbonyl (C=O) groups is 1.